The van der Waals surface area contributed by atoms with Gasteiger partial charge in [0.2, 0.25) is 0 Å². The molecule has 0 saturated heterocycles. The summed E-state index contributed by atoms with van der Waals surface area (Å²) in [6, 6.07) is 2.44. The Morgan fingerprint density at radius 1 is 1.75 bits per heavy atom. The van der Waals surface area contributed by atoms with Crippen molar-refractivity contribution in [2.45, 2.75) is 6.04 Å². The van der Waals surface area contributed by atoms with Gasteiger partial charge in [0.15, 0.2) is 0 Å². The number of thiophene rings is 1. The zero-order chi connectivity index (χ0) is 9.14. The molecular weight excluding hydrogens is 200 g/mol. The van der Waals surface area contributed by atoms with Crippen LogP contribution in [0.5, 0.6) is 0 Å². The lowest BCUT2D eigenvalue weighted by molar-refractivity contribution is -0.130. The topological polar surface area (TPSA) is 75.4 Å². The van der Waals surface area contributed by atoms with Crippen molar-refractivity contribution >= 4 is 28.8 Å². The van der Waals surface area contributed by atoms with Gasteiger partial charge in [0.25, 0.3) is 5.91 Å². The highest BCUT2D eigenvalue weighted by Gasteiger charge is 2.16. The number of nitrogens with two attached hydrogens (primary N) is 1. The number of carbonyl (C=O) groups is 1. The molecule has 0 fully saturated rings. The molecule has 1 rings (SSSR count). The number of halogens is 1. The van der Waals surface area contributed by atoms with Gasteiger partial charge in [-0.2, -0.15) is 0 Å². The van der Waals surface area contributed by atoms with Crippen LogP contribution in [-0.2, 0) is 4.79 Å². The van der Waals surface area contributed by atoms with Crippen molar-refractivity contribution in [2.24, 2.45) is 5.73 Å². The van der Waals surface area contributed by atoms with Crippen molar-refractivity contribution in [3.63, 3.8) is 0 Å². The van der Waals surface area contributed by atoms with Crippen LogP contribution in [-0.4, -0.2) is 11.1 Å². The van der Waals surface area contributed by atoms with Gasteiger partial charge >= 0.3 is 0 Å². The van der Waals surface area contributed by atoms with E-state index in [-0.39, 0.29) is 0 Å². The van der Waals surface area contributed by atoms with Crippen molar-refractivity contribution in [3.8, 4) is 0 Å². The standard InChI is InChI=1S/C6H7ClN2O2S/c7-4-2-1-3(12-4)5(8)6(10)9-11/h1-2,5,11H,8H2,(H,9,10). The van der Waals surface area contributed by atoms with E-state index in [0.29, 0.717) is 9.21 Å². The normalized spacial score (nSPS) is 12.6. The minimum absolute atomic E-state index is 0.561. The summed E-state index contributed by atoms with van der Waals surface area (Å²) in [5, 5.41) is 8.27. The second kappa shape index (κ2) is 3.86. The van der Waals surface area contributed by atoms with Crippen LogP contribution in [0.3, 0.4) is 0 Å². The molecule has 66 valence electrons. The van der Waals surface area contributed by atoms with Crippen LogP contribution in [0.25, 0.3) is 0 Å². The molecule has 0 saturated carbocycles. The predicted molar refractivity (Wildman–Crippen MR) is 46.2 cm³/mol. The summed E-state index contributed by atoms with van der Waals surface area (Å²) in [6.45, 7) is 0. The zero-order valence-corrected chi connectivity index (χ0v) is 7.52. The monoisotopic (exact) mass is 206 g/mol. The summed E-state index contributed by atoms with van der Waals surface area (Å²) in [7, 11) is 0. The van der Waals surface area contributed by atoms with Gasteiger partial charge in [0.1, 0.15) is 6.04 Å². The van der Waals surface area contributed by atoms with E-state index in [1.165, 1.54) is 16.8 Å². The first-order valence-electron chi connectivity index (χ1n) is 3.10. The molecule has 6 heteroatoms. The summed E-state index contributed by atoms with van der Waals surface area (Å²) >= 11 is 6.83. The molecule has 1 unspecified atom stereocenters. The third kappa shape index (κ3) is 1.95. The Morgan fingerprint density at radius 3 is 2.83 bits per heavy atom. The summed E-state index contributed by atoms with van der Waals surface area (Å²) in [6.07, 6.45) is 0. The number of hydrogen-bond acceptors (Lipinski definition) is 4. The Morgan fingerprint density at radius 2 is 2.42 bits per heavy atom. The molecule has 0 radical (unpaired) electrons. The summed E-state index contributed by atoms with van der Waals surface area (Å²) < 4.78 is 0.561. The smallest absolute Gasteiger partial charge is 0.265 e. The lowest BCUT2D eigenvalue weighted by Gasteiger charge is -2.05. The van der Waals surface area contributed by atoms with Gasteiger partial charge in [0, 0.05) is 4.88 Å². The molecule has 0 aliphatic rings. The highest BCUT2D eigenvalue weighted by atomic mass is 35.5. The van der Waals surface area contributed by atoms with Gasteiger partial charge in [0.05, 0.1) is 4.34 Å². The zero-order valence-electron chi connectivity index (χ0n) is 5.95. The van der Waals surface area contributed by atoms with Crippen LogP contribution in [0.2, 0.25) is 4.34 Å². The SMILES string of the molecule is NC(C(=O)NO)c1ccc(Cl)s1. The molecule has 12 heavy (non-hydrogen) atoms. The van der Waals surface area contributed by atoms with E-state index in [9.17, 15) is 4.79 Å². The number of rotatable bonds is 2. The van der Waals surface area contributed by atoms with Crippen LogP contribution in [0.15, 0.2) is 12.1 Å². The second-order valence-electron chi connectivity index (χ2n) is 2.10. The minimum atomic E-state index is -0.854. The Kier molecular flexibility index (Phi) is 3.05. The molecule has 0 aliphatic carbocycles. The number of hydrogen-bond donors (Lipinski definition) is 3. The van der Waals surface area contributed by atoms with Crippen molar-refractivity contribution in [1.82, 2.24) is 5.48 Å². The van der Waals surface area contributed by atoms with Crippen LogP contribution in [0.4, 0.5) is 0 Å². The lowest BCUT2D eigenvalue weighted by Crippen LogP contribution is -2.31. The number of hydroxylamine groups is 1. The van der Waals surface area contributed by atoms with E-state index in [1.54, 1.807) is 12.1 Å². The van der Waals surface area contributed by atoms with Gasteiger partial charge in [-0.05, 0) is 12.1 Å². The fourth-order valence-electron chi connectivity index (χ4n) is 0.694. The van der Waals surface area contributed by atoms with Crippen LogP contribution >= 0.6 is 22.9 Å². The highest BCUT2D eigenvalue weighted by Crippen LogP contribution is 2.25. The van der Waals surface area contributed by atoms with E-state index in [1.807, 2.05) is 0 Å². The Balaban J connectivity index is 2.77. The van der Waals surface area contributed by atoms with E-state index >= 15 is 0 Å². The van der Waals surface area contributed by atoms with Gasteiger partial charge in [-0.25, -0.2) is 5.48 Å². The molecule has 1 heterocycles. The summed E-state index contributed by atoms with van der Waals surface area (Å²) in [5.74, 6) is -0.645. The van der Waals surface area contributed by atoms with Crippen LogP contribution in [0, 0.1) is 0 Å². The molecule has 0 spiro atoms. The van der Waals surface area contributed by atoms with E-state index in [4.69, 9.17) is 22.5 Å². The molecule has 1 atom stereocenters. The molecule has 1 aromatic rings. The minimum Gasteiger partial charge on any atom is -0.315 e. The summed E-state index contributed by atoms with van der Waals surface area (Å²) in [4.78, 5) is 11.4. The van der Waals surface area contributed by atoms with E-state index in [2.05, 4.69) is 0 Å². The third-order valence-corrected chi connectivity index (χ3v) is 2.61. The van der Waals surface area contributed by atoms with Gasteiger partial charge in [-0.1, -0.05) is 11.6 Å². The molecule has 0 aromatic carbocycles. The quantitative estimate of drug-likeness (QED) is 0.497. The number of nitrogens with one attached hydrogen (secondary N) is 1. The molecule has 1 amide bonds. The first kappa shape index (κ1) is 9.47. The number of amides is 1. The van der Waals surface area contributed by atoms with E-state index in [0.717, 1.165) is 0 Å². The summed E-state index contributed by atoms with van der Waals surface area (Å²) in [5.41, 5.74) is 6.91. The maximum absolute atomic E-state index is 10.8. The van der Waals surface area contributed by atoms with Gasteiger partial charge < -0.3 is 5.73 Å². The third-order valence-electron chi connectivity index (χ3n) is 1.29. The largest absolute Gasteiger partial charge is 0.315 e. The molecule has 4 nitrogen and oxygen atoms in total. The Hall–Kier alpha value is -0.620. The molecule has 1 aromatic heterocycles. The van der Waals surface area contributed by atoms with Crippen LogP contribution in [0.1, 0.15) is 10.9 Å². The Labute approximate surface area is 77.9 Å². The molecule has 0 aliphatic heterocycles. The average molecular weight is 207 g/mol. The highest BCUT2D eigenvalue weighted by molar-refractivity contribution is 7.16. The van der Waals surface area contributed by atoms with Crippen molar-refractivity contribution < 1.29 is 10.0 Å². The first-order chi connectivity index (χ1) is 5.65. The molecule has 0 bridgehead atoms. The Bertz CT molecular complexity index is 289. The van der Waals surface area contributed by atoms with Crippen molar-refractivity contribution in [3.05, 3.63) is 21.3 Å². The first-order valence-corrected chi connectivity index (χ1v) is 4.29. The predicted octanol–water partition coefficient (Wildman–Crippen LogP) is 0.907. The van der Waals surface area contributed by atoms with Gasteiger partial charge in [-0.3, -0.25) is 10.0 Å². The van der Waals surface area contributed by atoms with Crippen LogP contribution < -0.4 is 11.2 Å². The molecular formula is C6H7ClN2O2S. The van der Waals surface area contributed by atoms with Crippen molar-refractivity contribution in [2.75, 3.05) is 0 Å². The average Bonchev–Trinajstić information content (AvgIpc) is 2.49. The lowest BCUT2D eigenvalue weighted by atomic mass is 10.2. The maximum Gasteiger partial charge on any atom is 0.265 e. The molecule has 4 N–H and O–H groups in total. The van der Waals surface area contributed by atoms with Gasteiger partial charge in [-0.15, -0.1) is 11.3 Å². The van der Waals surface area contributed by atoms with Crippen molar-refractivity contribution in [1.29, 1.82) is 0 Å². The van der Waals surface area contributed by atoms with E-state index < -0.39 is 11.9 Å². The number of carbonyl (C=O) groups excluding carboxylic acids is 1. The fourth-order valence-corrected chi connectivity index (χ4v) is 1.76. The second-order valence-corrected chi connectivity index (χ2v) is 3.84. The maximum atomic E-state index is 10.8. The fraction of sp³-hybridized carbons (Fsp3) is 0.167.